The maximum atomic E-state index is 13.9. The van der Waals surface area contributed by atoms with Crippen LogP contribution >= 0.6 is 0 Å². The number of hydrogen-bond acceptors (Lipinski definition) is 9. The lowest BCUT2D eigenvalue weighted by molar-refractivity contribution is -0.118. The number of rotatable bonds is 11. The van der Waals surface area contributed by atoms with Crippen molar-refractivity contribution in [1.82, 2.24) is 4.31 Å². The van der Waals surface area contributed by atoms with Crippen LogP contribution in [0.25, 0.3) is 33.4 Å². The fraction of sp³-hybridized carbons (Fsp3) is 0.353. The van der Waals surface area contributed by atoms with E-state index in [-0.39, 0.29) is 56.2 Å². The monoisotopic (exact) mass is 935 g/mol. The number of carbonyl (C=O) groups is 2. The van der Waals surface area contributed by atoms with Gasteiger partial charge in [0.2, 0.25) is 21.8 Å². The number of aryl methyl sites for hydroxylation is 4. The van der Waals surface area contributed by atoms with E-state index < -0.39 is 25.0 Å². The van der Waals surface area contributed by atoms with E-state index in [2.05, 4.69) is 16.0 Å². The lowest BCUT2D eigenvalue weighted by Crippen LogP contribution is -2.23. The smallest absolute Gasteiger partial charge is 0.296 e. The minimum Gasteiger partial charge on any atom is -0.456 e. The minimum absolute atomic E-state index is 0.0351. The number of nitrogens with zero attached hydrogens (tertiary/aromatic N) is 2. The van der Waals surface area contributed by atoms with Gasteiger partial charge in [0.1, 0.15) is 16.2 Å². The van der Waals surface area contributed by atoms with Crippen molar-refractivity contribution in [3.05, 3.63) is 105 Å². The zero-order chi connectivity index (χ0) is 49.0. The molecule has 15 heteroatoms. The third-order valence-corrected chi connectivity index (χ3v) is 14.1. The molecule has 0 bridgehead atoms. The highest BCUT2D eigenvalue weighted by molar-refractivity contribution is 7.89. The summed E-state index contributed by atoms with van der Waals surface area (Å²) in [5, 5.41) is 9.98. The molecule has 1 heterocycles. The van der Waals surface area contributed by atoms with Gasteiger partial charge in [0.15, 0.2) is 0 Å². The molecular weight excluding hydrogens is 875 g/mol. The first-order chi connectivity index (χ1) is 30.5. The van der Waals surface area contributed by atoms with Gasteiger partial charge in [-0.1, -0.05) is 71.9 Å². The number of carbonyl (C=O) groups excluding carboxylic acids is 2. The molecule has 1 aliphatic carbocycles. The van der Waals surface area contributed by atoms with Crippen LogP contribution in [0.2, 0.25) is 0 Å². The molecule has 0 saturated carbocycles. The molecular formula is C51H61N5O8S2. The molecule has 6 rings (SSSR count). The summed E-state index contributed by atoms with van der Waals surface area (Å²) in [6, 6.07) is 18.3. The van der Waals surface area contributed by atoms with E-state index in [1.807, 2.05) is 88.3 Å². The molecule has 4 aromatic rings. The Morgan fingerprint density at radius 3 is 1.77 bits per heavy atom. The average Bonchev–Trinajstić information content (AvgIpc) is 3.18. The lowest BCUT2D eigenvalue weighted by atomic mass is 9.91. The summed E-state index contributed by atoms with van der Waals surface area (Å²) in [5.74, 6) is -0.138. The fourth-order valence-corrected chi connectivity index (χ4v) is 10.1. The molecule has 0 aromatic heterocycles. The predicted octanol–water partition coefficient (Wildman–Crippen LogP) is 11.3. The Kier molecular flexibility index (Phi) is 13.6. The molecule has 13 nitrogen and oxygen atoms in total. The number of hydrogen-bond donors (Lipinski definition) is 4. The molecule has 350 valence electrons. The SMILES string of the molecule is Cc1cc(C)c(NC(=O)CC(C)(C)C)c(C)c1N=c1cc2oc3cc(Nc4c(C)cc(C)c(NC(=O)CC(C)(C)C)c4C)ccc3c(-c3ccccc3S(=O)(=O)N(C)C)c-2cc1S(=O)(=O)O. The van der Waals surface area contributed by atoms with Gasteiger partial charge in [-0.2, -0.15) is 8.42 Å². The van der Waals surface area contributed by atoms with Crippen molar-refractivity contribution in [2.75, 3.05) is 30.0 Å². The zero-order valence-corrected chi connectivity index (χ0v) is 41.9. The molecule has 2 amide bonds. The van der Waals surface area contributed by atoms with Gasteiger partial charge in [-0.3, -0.25) is 14.1 Å². The molecule has 2 aliphatic rings. The van der Waals surface area contributed by atoms with Gasteiger partial charge in [0.05, 0.1) is 15.9 Å². The van der Waals surface area contributed by atoms with Crippen LogP contribution in [-0.4, -0.2) is 51.6 Å². The Hall–Kier alpha value is -5.87. The summed E-state index contributed by atoms with van der Waals surface area (Å²) in [6.07, 6.45) is 0.602. The minimum atomic E-state index is -4.97. The average molecular weight is 936 g/mol. The first-order valence-corrected chi connectivity index (χ1v) is 24.5. The quantitative estimate of drug-likeness (QED) is 0.0724. The van der Waals surface area contributed by atoms with E-state index >= 15 is 0 Å². The van der Waals surface area contributed by atoms with Crippen LogP contribution in [0.3, 0.4) is 0 Å². The van der Waals surface area contributed by atoms with Crippen LogP contribution in [0.4, 0.5) is 28.4 Å². The van der Waals surface area contributed by atoms with Crippen molar-refractivity contribution in [3.63, 3.8) is 0 Å². The zero-order valence-electron chi connectivity index (χ0n) is 40.3. The van der Waals surface area contributed by atoms with E-state index in [1.165, 1.54) is 32.3 Å². The highest BCUT2D eigenvalue weighted by Crippen LogP contribution is 2.45. The predicted molar refractivity (Wildman–Crippen MR) is 264 cm³/mol. The molecule has 4 N–H and O–H groups in total. The Labute approximate surface area is 388 Å². The molecule has 66 heavy (non-hydrogen) atoms. The number of sulfonamides is 1. The number of fused-ring (bicyclic) bond motifs is 2. The first-order valence-electron chi connectivity index (χ1n) is 21.6. The van der Waals surface area contributed by atoms with Crippen LogP contribution < -0.4 is 21.3 Å². The van der Waals surface area contributed by atoms with Gasteiger partial charge in [0, 0.05) is 83.9 Å². The fourth-order valence-electron chi connectivity index (χ4n) is 8.37. The van der Waals surface area contributed by atoms with Crippen LogP contribution in [0, 0.1) is 52.4 Å². The molecule has 4 aromatic carbocycles. The summed E-state index contributed by atoms with van der Waals surface area (Å²) in [4.78, 5) is 30.5. The third-order valence-electron chi connectivity index (χ3n) is 11.3. The number of anilines is 4. The van der Waals surface area contributed by atoms with Gasteiger partial charge in [-0.15, -0.1) is 0 Å². The van der Waals surface area contributed by atoms with Gasteiger partial charge < -0.3 is 20.4 Å². The first kappa shape index (κ1) is 49.6. The van der Waals surface area contributed by atoms with E-state index in [0.717, 1.165) is 32.2 Å². The molecule has 0 fully saturated rings. The summed E-state index contributed by atoms with van der Waals surface area (Å²) >= 11 is 0. The van der Waals surface area contributed by atoms with E-state index in [9.17, 15) is 31.0 Å². The summed E-state index contributed by atoms with van der Waals surface area (Å²) in [5.41, 5.74) is 8.40. The van der Waals surface area contributed by atoms with Crippen molar-refractivity contribution in [3.8, 4) is 22.5 Å². The number of benzene rings is 5. The molecule has 0 unspecified atom stereocenters. The highest BCUT2D eigenvalue weighted by atomic mass is 32.2. The van der Waals surface area contributed by atoms with Gasteiger partial charge >= 0.3 is 0 Å². The molecule has 0 atom stereocenters. The lowest BCUT2D eigenvalue weighted by Gasteiger charge is -2.22. The van der Waals surface area contributed by atoms with Gasteiger partial charge in [0.25, 0.3) is 10.1 Å². The topological polar surface area (TPSA) is 187 Å². The van der Waals surface area contributed by atoms with Crippen molar-refractivity contribution in [2.24, 2.45) is 15.8 Å². The second-order valence-corrected chi connectivity index (χ2v) is 23.3. The second kappa shape index (κ2) is 18.1. The normalized spacial score (nSPS) is 12.9. The maximum absolute atomic E-state index is 13.9. The maximum Gasteiger partial charge on any atom is 0.296 e. The Morgan fingerprint density at radius 2 is 1.21 bits per heavy atom. The summed E-state index contributed by atoms with van der Waals surface area (Å²) in [6.45, 7) is 23.3. The van der Waals surface area contributed by atoms with Crippen molar-refractivity contribution >= 4 is 71.4 Å². The molecule has 0 spiro atoms. The molecule has 0 saturated heterocycles. The van der Waals surface area contributed by atoms with Crippen LogP contribution in [-0.2, 0) is 29.7 Å². The Bertz CT molecular complexity index is 3210. The van der Waals surface area contributed by atoms with Gasteiger partial charge in [-0.05, 0) is 110 Å². The standard InChI is InChI=1S/C51H61N5O8S2/c1-28-21-30(3)48(54-43(57)26-50(7,8)9)32(5)46(28)52-34-19-20-35-39(23-34)64-40-25-38(53-47-29(2)22-31(4)49(33(47)6)55-44(58)27-51(10,11)12)42(66(61,62)63)24-37(40)45(35)36-17-15-16-18-41(36)65(59,60)56(13)14/h15-25,52H,26-27H2,1-14H3,(H,54,57)(H,55,58)(H,61,62,63). The van der Waals surface area contributed by atoms with Crippen molar-refractivity contribution < 1.29 is 35.4 Å². The third kappa shape index (κ3) is 10.5. The summed E-state index contributed by atoms with van der Waals surface area (Å²) < 4.78 is 73.3. The van der Waals surface area contributed by atoms with Crippen molar-refractivity contribution in [2.45, 2.75) is 106 Å². The Balaban J connectivity index is 1.65. The van der Waals surface area contributed by atoms with Crippen LogP contribution in [0.1, 0.15) is 87.8 Å². The Morgan fingerprint density at radius 1 is 0.667 bits per heavy atom. The van der Waals surface area contributed by atoms with Crippen molar-refractivity contribution in [1.29, 1.82) is 0 Å². The van der Waals surface area contributed by atoms with Crippen LogP contribution in [0.5, 0.6) is 0 Å². The van der Waals surface area contributed by atoms with E-state index in [4.69, 9.17) is 9.41 Å². The number of amides is 2. The van der Waals surface area contributed by atoms with Gasteiger partial charge in [-0.25, -0.2) is 17.7 Å². The second-order valence-electron chi connectivity index (χ2n) is 19.8. The molecule has 1 aliphatic heterocycles. The van der Waals surface area contributed by atoms with E-state index in [1.54, 1.807) is 43.3 Å². The largest absolute Gasteiger partial charge is 0.456 e. The summed E-state index contributed by atoms with van der Waals surface area (Å²) in [7, 11) is -6.17. The van der Waals surface area contributed by atoms with E-state index in [0.29, 0.717) is 56.8 Å². The number of nitrogens with one attached hydrogen (secondary N) is 3. The van der Waals surface area contributed by atoms with Crippen LogP contribution in [0.15, 0.2) is 85.9 Å². The highest BCUT2D eigenvalue weighted by Gasteiger charge is 2.29. The molecule has 0 radical (unpaired) electrons.